The van der Waals surface area contributed by atoms with E-state index in [0.29, 0.717) is 35.1 Å². The quantitative estimate of drug-likeness (QED) is 0.0242. The van der Waals surface area contributed by atoms with Gasteiger partial charge < -0.3 is 70.9 Å². The molecular weight excluding hydrogens is 1030 g/mol. The van der Waals surface area contributed by atoms with E-state index in [0.717, 1.165) is 11.1 Å². The van der Waals surface area contributed by atoms with Crippen LogP contribution >= 0.6 is 0 Å². The Labute approximate surface area is 455 Å². The molecule has 10 N–H and O–H groups in total. The Bertz CT molecular complexity index is 2860. The Morgan fingerprint density at radius 3 is 2.05 bits per heavy atom. The number of hydrogen-bond donors (Lipinski definition) is 10. The van der Waals surface area contributed by atoms with E-state index < -0.39 is 109 Å². The molecule has 0 radical (unpaired) electrons. The molecule has 3 aromatic rings. The van der Waals surface area contributed by atoms with Crippen molar-refractivity contribution in [3.8, 4) is 17.1 Å². The summed E-state index contributed by atoms with van der Waals surface area (Å²) in [6.45, 7) is 10.7. The molecule has 25 heteroatoms. The number of rotatable bonds is 29. The number of aliphatic hydroxyl groups is 4. The number of carbonyl (C=O) groups is 9. The van der Waals surface area contributed by atoms with E-state index >= 15 is 0 Å². The second-order valence-corrected chi connectivity index (χ2v) is 20.6. The van der Waals surface area contributed by atoms with E-state index in [1.54, 1.807) is 25.1 Å². The summed E-state index contributed by atoms with van der Waals surface area (Å²) in [6, 6.07) is 4.81. The molecule has 2 unspecified atom stereocenters. The molecule has 432 valence electrons. The third-order valence-electron chi connectivity index (χ3n) is 13.9. The van der Waals surface area contributed by atoms with Gasteiger partial charge in [0.1, 0.15) is 36.9 Å². The second-order valence-electron chi connectivity index (χ2n) is 20.6. The maximum Gasteiger partial charge on any atom is 0.355 e. The topological polar surface area (TPSA) is 378 Å². The second kappa shape index (κ2) is 27.6. The number of carbonyl (C=O) groups excluding carboxylic acids is 9. The summed E-state index contributed by atoms with van der Waals surface area (Å²) in [6.07, 6.45) is -9.89. The zero-order valence-corrected chi connectivity index (χ0v) is 45.5. The predicted molar refractivity (Wildman–Crippen MR) is 280 cm³/mol. The predicted octanol–water partition coefficient (Wildman–Crippen LogP) is -0.511. The number of aryl methyl sites for hydroxylation is 1. The minimum atomic E-state index is -2.37. The number of aromatic nitrogens is 2. The number of aromatic hydroxyl groups is 1. The number of nitrogens with one attached hydrogen (secondary N) is 5. The van der Waals surface area contributed by atoms with Gasteiger partial charge in [0.25, 0.3) is 17.4 Å². The minimum absolute atomic E-state index is 0.0158. The van der Waals surface area contributed by atoms with Crippen molar-refractivity contribution in [3.63, 3.8) is 0 Å². The van der Waals surface area contributed by atoms with Crippen LogP contribution in [0, 0.1) is 11.3 Å². The standard InChI is InChI=1S/C54H73N7O18/c1-8-30-31-22-29(63)13-14-36(31)60-43-32(30)26-61-38(43)23-35-33(51(61)75)27-78-52(76)54(35,10-3)79-42(67)25-58-41(66)24-37(59-40(65)16-21-77-20-15-28(4)62)39(64)12-11-17-55-49(73)46(70)44(68)45(69)47(71)50(74)57-19-18-56-48(72)34(9-2)53(5,6)7/h13-14,22-23,34,37,44-47,63,68-71H,8-12,15-21,24-27H2,1-7H3,(H,55,73)(H,56,72)(H,57,74)(H,58,66)(H,59,65)/t34?,37?,44-,45+,46+,47-,54-/m0/s1. The first-order chi connectivity index (χ1) is 37.3. The first kappa shape index (κ1) is 62.7. The molecule has 79 heavy (non-hydrogen) atoms. The van der Waals surface area contributed by atoms with Crippen LogP contribution in [0.4, 0.5) is 0 Å². The largest absolute Gasteiger partial charge is 0.508 e. The lowest BCUT2D eigenvalue weighted by Gasteiger charge is -2.35. The van der Waals surface area contributed by atoms with Crippen LogP contribution in [-0.4, -0.2) is 158 Å². The lowest BCUT2D eigenvalue weighted by Crippen LogP contribution is -2.55. The number of pyridine rings is 2. The Morgan fingerprint density at radius 2 is 1.44 bits per heavy atom. The fourth-order valence-corrected chi connectivity index (χ4v) is 9.59. The lowest BCUT2D eigenvalue weighted by molar-refractivity contribution is -0.189. The molecule has 0 bridgehead atoms. The molecule has 0 aliphatic carbocycles. The highest BCUT2D eigenvalue weighted by atomic mass is 16.6. The van der Waals surface area contributed by atoms with E-state index in [1.807, 2.05) is 34.6 Å². The molecule has 4 heterocycles. The Morgan fingerprint density at radius 1 is 0.810 bits per heavy atom. The molecule has 25 nitrogen and oxygen atoms in total. The van der Waals surface area contributed by atoms with Crippen molar-refractivity contribution in [3.05, 3.63) is 56.9 Å². The lowest BCUT2D eigenvalue weighted by atomic mass is 9.78. The van der Waals surface area contributed by atoms with Gasteiger partial charge in [-0.25, -0.2) is 9.78 Å². The number of hydrogen-bond acceptors (Lipinski definition) is 19. The molecular formula is C54H73N7O18. The summed E-state index contributed by atoms with van der Waals surface area (Å²) < 4.78 is 18.0. The van der Waals surface area contributed by atoms with Gasteiger partial charge in [-0.2, -0.15) is 0 Å². The molecule has 2 aliphatic rings. The maximum atomic E-state index is 14.1. The molecule has 7 atom stereocenters. The Balaban J connectivity index is 1.18. The van der Waals surface area contributed by atoms with Gasteiger partial charge in [0, 0.05) is 61.3 Å². The summed E-state index contributed by atoms with van der Waals surface area (Å²) in [5.41, 5.74) is 0.218. The fourth-order valence-electron chi connectivity index (χ4n) is 9.59. The van der Waals surface area contributed by atoms with Gasteiger partial charge in [-0.3, -0.25) is 43.2 Å². The maximum absolute atomic E-state index is 14.1. The molecule has 0 spiro atoms. The van der Waals surface area contributed by atoms with E-state index in [-0.39, 0.29) is 105 Å². The number of ketones is 2. The zero-order chi connectivity index (χ0) is 58.5. The van der Waals surface area contributed by atoms with Crippen LogP contribution in [-0.2, 0) is 82.5 Å². The van der Waals surface area contributed by atoms with Crippen molar-refractivity contribution in [2.24, 2.45) is 11.3 Å². The molecule has 2 aliphatic heterocycles. The summed E-state index contributed by atoms with van der Waals surface area (Å²) in [5.74, 6) is -7.52. The number of phenols is 1. The van der Waals surface area contributed by atoms with Gasteiger partial charge in [-0.05, 0) is 67.9 Å². The van der Waals surface area contributed by atoms with Gasteiger partial charge in [0.15, 0.2) is 18.0 Å². The van der Waals surface area contributed by atoms with Crippen molar-refractivity contribution in [2.45, 2.75) is 149 Å². The van der Waals surface area contributed by atoms with E-state index in [4.69, 9.17) is 19.2 Å². The van der Waals surface area contributed by atoms with Gasteiger partial charge >= 0.3 is 11.9 Å². The van der Waals surface area contributed by atoms with E-state index in [2.05, 4.69) is 26.6 Å². The number of amides is 5. The smallest absolute Gasteiger partial charge is 0.355 e. The minimum Gasteiger partial charge on any atom is -0.508 e. The Kier molecular flexibility index (Phi) is 21.9. The average Bonchev–Trinajstić information content (AvgIpc) is 3.52. The number of esters is 2. The number of fused-ring (bicyclic) bond motifs is 5. The molecule has 5 amide bonds. The van der Waals surface area contributed by atoms with Crippen LogP contribution < -0.4 is 32.1 Å². The van der Waals surface area contributed by atoms with Crippen LogP contribution in [0.3, 0.4) is 0 Å². The fraction of sp³-hybridized carbons (Fsp3) is 0.574. The molecule has 0 fully saturated rings. The van der Waals surface area contributed by atoms with Crippen LogP contribution in [0.2, 0.25) is 0 Å². The summed E-state index contributed by atoms with van der Waals surface area (Å²) in [7, 11) is 0. The number of benzene rings is 1. The number of phenolic OH excluding ortho intramolecular Hbond substituents is 1. The molecule has 0 saturated heterocycles. The summed E-state index contributed by atoms with van der Waals surface area (Å²) in [5, 5.41) is 64.6. The molecule has 2 aromatic heterocycles. The number of nitrogens with zero attached hydrogens (tertiary/aromatic N) is 2. The Hall–Kier alpha value is -7.19. The SMILES string of the molecule is CCc1c2c(nc3ccc(O)cc13)-c1cc3c(c(=O)n1C2)COC(=O)[C@@]3(CC)OC(=O)CNC(=O)CC(NC(=O)CCOCCC(C)=O)C(=O)CCCNC(=O)[C@H](O)[C@@H](O)[C@@H](O)[C@H](O)C(=O)NCCNC(=O)C(CC)C(C)(C)C. The molecule has 5 rings (SSSR count). The number of aliphatic hydroxyl groups excluding tert-OH is 4. The monoisotopic (exact) mass is 1110 g/mol. The molecule has 0 saturated carbocycles. The highest BCUT2D eigenvalue weighted by Gasteiger charge is 2.50. The van der Waals surface area contributed by atoms with E-state index in [9.17, 15) is 73.5 Å². The van der Waals surface area contributed by atoms with Crippen LogP contribution in [0.1, 0.15) is 116 Å². The summed E-state index contributed by atoms with van der Waals surface area (Å²) >= 11 is 0. The number of cyclic esters (lactones) is 1. The first-order valence-corrected chi connectivity index (χ1v) is 26.3. The van der Waals surface area contributed by atoms with Crippen molar-refractivity contribution >= 4 is 63.9 Å². The van der Waals surface area contributed by atoms with Crippen LogP contribution in [0.5, 0.6) is 5.75 Å². The highest BCUT2D eigenvalue weighted by Crippen LogP contribution is 2.42. The van der Waals surface area contributed by atoms with Gasteiger partial charge in [0.05, 0.1) is 54.7 Å². The third kappa shape index (κ3) is 15.3. The van der Waals surface area contributed by atoms with Gasteiger partial charge in [0.2, 0.25) is 23.3 Å². The van der Waals surface area contributed by atoms with Crippen molar-refractivity contribution in [2.75, 3.05) is 39.4 Å². The zero-order valence-electron chi connectivity index (χ0n) is 45.5. The van der Waals surface area contributed by atoms with Crippen molar-refractivity contribution in [1.82, 2.24) is 36.1 Å². The normalized spacial score (nSPS) is 16.8. The first-order valence-electron chi connectivity index (χ1n) is 26.3. The van der Waals surface area contributed by atoms with Crippen LogP contribution in [0.25, 0.3) is 22.3 Å². The average molecular weight is 1110 g/mol. The van der Waals surface area contributed by atoms with Gasteiger partial charge in [-0.15, -0.1) is 0 Å². The number of ether oxygens (including phenoxy) is 3. The highest BCUT2D eigenvalue weighted by molar-refractivity contribution is 5.95. The third-order valence-corrected chi connectivity index (χ3v) is 13.9. The van der Waals surface area contributed by atoms with Crippen molar-refractivity contribution in [1.29, 1.82) is 0 Å². The van der Waals surface area contributed by atoms with Crippen LogP contribution in [0.15, 0.2) is 29.1 Å². The number of Topliss-reactive ketones (excluding diaryl/α,β-unsaturated/α-hetero) is 2. The summed E-state index contributed by atoms with van der Waals surface area (Å²) in [4.78, 5) is 135. The molecule has 1 aromatic carbocycles. The van der Waals surface area contributed by atoms with E-state index in [1.165, 1.54) is 17.6 Å². The van der Waals surface area contributed by atoms with Crippen molar-refractivity contribution < 1.29 is 82.9 Å². The van der Waals surface area contributed by atoms with Gasteiger partial charge in [-0.1, -0.05) is 41.5 Å².